The Kier molecular flexibility index (Phi) is 6.42. The molecule has 1 fully saturated rings. The minimum absolute atomic E-state index is 0.179. The van der Waals surface area contributed by atoms with E-state index in [0.29, 0.717) is 11.4 Å². The second kappa shape index (κ2) is 8.82. The van der Waals surface area contributed by atoms with E-state index in [4.69, 9.17) is 15.2 Å². The number of nitrogens with zero attached hydrogens (tertiary/aromatic N) is 1. The third-order valence-electron chi connectivity index (χ3n) is 5.31. The molecule has 2 N–H and O–H groups in total. The molecule has 2 aromatic rings. The molecule has 1 aliphatic heterocycles. The van der Waals surface area contributed by atoms with Crippen LogP contribution in [0.15, 0.2) is 30.3 Å². The van der Waals surface area contributed by atoms with Gasteiger partial charge in [-0.05, 0) is 75.6 Å². The van der Waals surface area contributed by atoms with Crippen LogP contribution in [0.1, 0.15) is 61.3 Å². The summed E-state index contributed by atoms with van der Waals surface area (Å²) >= 11 is 0. The molecule has 0 unspecified atom stereocenters. The van der Waals surface area contributed by atoms with Crippen LogP contribution < -0.4 is 10.5 Å². The van der Waals surface area contributed by atoms with Crippen molar-refractivity contribution in [1.29, 1.82) is 0 Å². The summed E-state index contributed by atoms with van der Waals surface area (Å²) in [6, 6.07) is 9.47. The Labute approximate surface area is 172 Å². The highest BCUT2D eigenvalue weighted by Crippen LogP contribution is 2.29. The zero-order valence-electron chi connectivity index (χ0n) is 17.6. The number of fused-ring (bicyclic) bond motifs is 1. The third kappa shape index (κ3) is 4.88. The summed E-state index contributed by atoms with van der Waals surface area (Å²) in [5.41, 5.74) is 5.96. The molecule has 29 heavy (non-hydrogen) atoms. The van der Waals surface area contributed by atoms with Gasteiger partial charge in [0.05, 0.1) is 17.2 Å². The van der Waals surface area contributed by atoms with Crippen molar-refractivity contribution in [3.05, 3.63) is 41.5 Å². The lowest BCUT2D eigenvalue weighted by molar-refractivity contribution is 0.0375. The van der Waals surface area contributed by atoms with Gasteiger partial charge in [-0.2, -0.15) is 0 Å². The summed E-state index contributed by atoms with van der Waals surface area (Å²) in [7, 11) is 0. The quantitative estimate of drug-likeness (QED) is 0.750. The molecule has 1 aliphatic rings. The number of benzene rings is 2. The number of likely N-dealkylation sites (tertiary alicyclic amines) is 1. The first-order valence-electron chi connectivity index (χ1n) is 10.2. The van der Waals surface area contributed by atoms with Crippen molar-refractivity contribution in [3.63, 3.8) is 0 Å². The molecule has 3 rings (SSSR count). The molecular formula is C23H30N2O4. The van der Waals surface area contributed by atoms with E-state index in [1.54, 1.807) is 32.0 Å². The van der Waals surface area contributed by atoms with Crippen LogP contribution in [0.2, 0.25) is 0 Å². The third-order valence-corrected chi connectivity index (χ3v) is 5.31. The summed E-state index contributed by atoms with van der Waals surface area (Å²) < 4.78 is 11.4. The predicted octanol–water partition coefficient (Wildman–Crippen LogP) is 3.76. The fraction of sp³-hybridized carbons (Fsp3) is 0.478. The second-order valence-electron chi connectivity index (χ2n) is 8.14. The Morgan fingerprint density at radius 2 is 1.76 bits per heavy atom. The van der Waals surface area contributed by atoms with E-state index in [1.807, 2.05) is 12.1 Å². The molecule has 6 heteroatoms. The average Bonchev–Trinajstić information content (AvgIpc) is 2.66. The van der Waals surface area contributed by atoms with Gasteiger partial charge < -0.3 is 20.1 Å². The van der Waals surface area contributed by atoms with Gasteiger partial charge in [0, 0.05) is 19.1 Å². The second-order valence-corrected chi connectivity index (χ2v) is 8.14. The molecule has 0 spiro atoms. The lowest BCUT2D eigenvalue weighted by Crippen LogP contribution is -2.41. The summed E-state index contributed by atoms with van der Waals surface area (Å²) in [5, 5.41) is 1.43. The highest BCUT2D eigenvalue weighted by atomic mass is 16.5. The predicted molar refractivity (Wildman–Crippen MR) is 113 cm³/mol. The standard InChI is InChI=1S/C23H30N2O4/c1-14(2)25-11-9-17(10-12-25)29-18-6-8-19-16(13-18)5-7-20(21(19)22(24)26)23(27)28-15(3)4/h5-8,13-15,17H,9-12H2,1-4H3,(H2,24,26). The lowest BCUT2D eigenvalue weighted by atomic mass is 9.98. The summed E-state index contributed by atoms with van der Waals surface area (Å²) in [4.78, 5) is 26.9. The average molecular weight is 399 g/mol. The number of carbonyl (C=O) groups is 2. The van der Waals surface area contributed by atoms with Gasteiger partial charge in [0.15, 0.2) is 0 Å². The van der Waals surface area contributed by atoms with Crippen LogP contribution in [0.25, 0.3) is 10.8 Å². The number of primary amides is 1. The Hall–Kier alpha value is -2.60. The summed E-state index contributed by atoms with van der Waals surface area (Å²) in [6.45, 7) is 10.0. The van der Waals surface area contributed by atoms with Crippen LogP contribution in [0, 0.1) is 0 Å². The molecule has 0 aromatic heterocycles. The minimum atomic E-state index is -0.652. The van der Waals surface area contributed by atoms with E-state index in [2.05, 4.69) is 18.7 Å². The summed E-state index contributed by atoms with van der Waals surface area (Å²) in [5.74, 6) is -0.442. The highest BCUT2D eigenvalue weighted by Gasteiger charge is 2.23. The molecule has 1 heterocycles. The number of carbonyl (C=O) groups excluding carboxylic acids is 2. The number of hydrogen-bond acceptors (Lipinski definition) is 5. The van der Waals surface area contributed by atoms with Gasteiger partial charge in [0.25, 0.3) is 0 Å². The Morgan fingerprint density at radius 3 is 2.34 bits per heavy atom. The van der Waals surface area contributed by atoms with Crippen LogP contribution in [0.5, 0.6) is 5.75 Å². The topological polar surface area (TPSA) is 81.9 Å². The van der Waals surface area contributed by atoms with E-state index >= 15 is 0 Å². The first kappa shape index (κ1) is 21.1. The van der Waals surface area contributed by atoms with Gasteiger partial charge in [-0.15, -0.1) is 0 Å². The van der Waals surface area contributed by atoms with Crippen molar-refractivity contribution in [3.8, 4) is 5.75 Å². The first-order valence-corrected chi connectivity index (χ1v) is 10.2. The van der Waals surface area contributed by atoms with Gasteiger partial charge in [-0.1, -0.05) is 6.07 Å². The molecule has 0 atom stereocenters. The van der Waals surface area contributed by atoms with Crippen molar-refractivity contribution in [2.45, 2.75) is 58.8 Å². The van der Waals surface area contributed by atoms with Gasteiger partial charge >= 0.3 is 5.97 Å². The Morgan fingerprint density at radius 1 is 1.07 bits per heavy atom. The number of piperidine rings is 1. The molecule has 1 saturated heterocycles. The highest BCUT2D eigenvalue weighted by molar-refractivity contribution is 6.14. The molecule has 6 nitrogen and oxygen atoms in total. The molecule has 0 aliphatic carbocycles. The van der Waals surface area contributed by atoms with E-state index in [9.17, 15) is 9.59 Å². The molecule has 2 aromatic carbocycles. The van der Waals surface area contributed by atoms with E-state index in [1.165, 1.54) is 0 Å². The van der Waals surface area contributed by atoms with Crippen molar-refractivity contribution < 1.29 is 19.1 Å². The van der Waals surface area contributed by atoms with Gasteiger partial charge in [-0.3, -0.25) is 4.79 Å². The number of amides is 1. The molecule has 1 amide bonds. The van der Waals surface area contributed by atoms with Crippen molar-refractivity contribution >= 4 is 22.6 Å². The molecule has 0 bridgehead atoms. The zero-order chi connectivity index (χ0) is 21.1. The van der Waals surface area contributed by atoms with Crippen molar-refractivity contribution in [1.82, 2.24) is 4.90 Å². The maximum atomic E-state index is 12.4. The monoisotopic (exact) mass is 398 g/mol. The fourth-order valence-electron chi connectivity index (χ4n) is 3.80. The zero-order valence-corrected chi connectivity index (χ0v) is 17.6. The van der Waals surface area contributed by atoms with Gasteiger partial charge in [0.1, 0.15) is 11.9 Å². The fourth-order valence-corrected chi connectivity index (χ4v) is 3.80. The van der Waals surface area contributed by atoms with Gasteiger partial charge in [0.2, 0.25) is 5.91 Å². The first-order chi connectivity index (χ1) is 13.8. The normalized spacial score (nSPS) is 15.8. The smallest absolute Gasteiger partial charge is 0.339 e. The number of esters is 1. The van der Waals surface area contributed by atoms with Crippen LogP contribution in [-0.2, 0) is 4.74 Å². The van der Waals surface area contributed by atoms with E-state index in [-0.39, 0.29) is 23.3 Å². The van der Waals surface area contributed by atoms with Crippen LogP contribution in [0.3, 0.4) is 0 Å². The number of nitrogens with two attached hydrogens (primary N) is 1. The van der Waals surface area contributed by atoms with Crippen LogP contribution in [0.4, 0.5) is 0 Å². The number of ether oxygens (including phenoxy) is 2. The lowest BCUT2D eigenvalue weighted by Gasteiger charge is -2.34. The maximum absolute atomic E-state index is 12.4. The van der Waals surface area contributed by atoms with Crippen LogP contribution in [-0.4, -0.2) is 48.1 Å². The van der Waals surface area contributed by atoms with Crippen molar-refractivity contribution in [2.24, 2.45) is 5.73 Å². The SMILES string of the molecule is CC(C)OC(=O)c1ccc2cc(OC3CCN(C(C)C)CC3)ccc2c1C(N)=O. The minimum Gasteiger partial charge on any atom is -0.490 e. The molecule has 156 valence electrons. The van der Waals surface area contributed by atoms with Crippen LogP contribution >= 0.6 is 0 Å². The molecular weight excluding hydrogens is 368 g/mol. The summed E-state index contributed by atoms with van der Waals surface area (Å²) in [6.07, 6.45) is 1.88. The molecule has 0 saturated carbocycles. The van der Waals surface area contributed by atoms with E-state index in [0.717, 1.165) is 37.1 Å². The maximum Gasteiger partial charge on any atom is 0.339 e. The largest absolute Gasteiger partial charge is 0.490 e. The number of rotatable bonds is 6. The molecule has 0 radical (unpaired) electrons. The van der Waals surface area contributed by atoms with Gasteiger partial charge in [-0.25, -0.2) is 4.79 Å². The number of hydrogen-bond donors (Lipinski definition) is 1. The van der Waals surface area contributed by atoms with E-state index < -0.39 is 11.9 Å². The van der Waals surface area contributed by atoms with Crippen molar-refractivity contribution in [2.75, 3.05) is 13.1 Å². The Balaban J connectivity index is 1.84. The Bertz CT molecular complexity index is 899.